The third-order valence-electron chi connectivity index (χ3n) is 4.08. The fourth-order valence-corrected chi connectivity index (χ4v) is 2.80. The molecule has 2 aromatic heterocycles. The third kappa shape index (κ3) is 3.98. The molecule has 0 spiro atoms. The average Bonchev–Trinajstić information content (AvgIpc) is 2.99. The normalized spacial score (nSPS) is 10.8. The first-order valence-corrected chi connectivity index (χ1v) is 8.74. The number of nitrogens with one attached hydrogen (secondary N) is 1. The lowest BCUT2D eigenvalue weighted by Crippen LogP contribution is -2.28. The molecule has 4 rings (SSSR count). The number of amides is 1. The molecule has 0 atom stereocenters. The lowest BCUT2D eigenvalue weighted by molar-refractivity contribution is -0.117. The van der Waals surface area contributed by atoms with E-state index in [1.807, 2.05) is 25.1 Å². The fraction of sp³-hybridized carbons (Fsp3) is 0.100. The Kier molecular flexibility index (Phi) is 4.78. The summed E-state index contributed by atoms with van der Waals surface area (Å²) in [5.41, 5.74) is 1.22. The summed E-state index contributed by atoms with van der Waals surface area (Å²) in [6.45, 7) is 1.63. The van der Waals surface area contributed by atoms with Gasteiger partial charge in [-0.05, 0) is 36.8 Å². The molecule has 0 bridgehead atoms. The molecule has 146 valence electrons. The number of aryl methyl sites for hydroxylation is 1. The van der Waals surface area contributed by atoms with Gasteiger partial charge in [0.25, 0.3) is 5.88 Å². The van der Waals surface area contributed by atoms with Gasteiger partial charge in [0, 0.05) is 24.1 Å². The number of fused-ring (bicyclic) bond motifs is 1. The molecular weight excluding hydrogens is 377 g/mol. The molecule has 0 aliphatic rings. The lowest BCUT2D eigenvalue weighted by atomic mass is 10.2. The van der Waals surface area contributed by atoms with E-state index in [0.717, 1.165) is 10.2 Å². The van der Waals surface area contributed by atoms with Crippen molar-refractivity contribution in [2.75, 3.05) is 5.32 Å². The highest BCUT2D eigenvalue weighted by atomic mass is 19.1. The largest absolute Gasteiger partial charge is 0.436 e. The van der Waals surface area contributed by atoms with Crippen molar-refractivity contribution in [3.63, 3.8) is 0 Å². The van der Waals surface area contributed by atoms with Crippen molar-refractivity contribution in [3.05, 3.63) is 82.8 Å². The van der Waals surface area contributed by atoms with Crippen molar-refractivity contribution in [1.29, 1.82) is 0 Å². The number of halogens is 1. The standard InChI is InChI=1S/C20H16FN5O3/c1-13-4-2-6-15(10-13)23-17(27)12-26-20(28)25-9-8-22-19(18(25)24-26)29-16-7-3-5-14(21)11-16/h2-11H,12H2,1H3,(H,23,27). The Morgan fingerprint density at radius 3 is 2.83 bits per heavy atom. The van der Waals surface area contributed by atoms with Crippen LogP contribution >= 0.6 is 0 Å². The summed E-state index contributed by atoms with van der Waals surface area (Å²) >= 11 is 0. The molecule has 0 unspecified atom stereocenters. The molecule has 0 fully saturated rings. The number of benzene rings is 2. The Morgan fingerprint density at radius 1 is 1.21 bits per heavy atom. The number of hydrogen-bond donors (Lipinski definition) is 1. The highest BCUT2D eigenvalue weighted by Gasteiger charge is 2.16. The first-order valence-electron chi connectivity index (χ1n) is 8.74. The molecule has 2 heterocycles. The quantitative estimate of drug-likeness (QED) is 0.563. The molecule has 1 N–H and O–H groups in total. The lowest BCUT2D eigenvalue weighted by Gasteiger charge is -2.05. The summed E-state index contributed by atoms with van der Waals surface area (Å²) in [4.78, 5) is 29.0. The van der Waals surface area contributed by atoms with Gasteiger partial charge in [0.2, 0.25) is 11.6 Å². The van der Waals surface area contributed by atoms with Gasteiger partial charge in [-0.1, -0.05) is 18.2 Å². The van der Waals surface area contributed by atoms with Crippen LogP contribution < -0.4 is 15.7 Å². The number of carbonyl (C=O) groups excluding carboxylic acids is 1. The Bertz CT molecular complexity index is 1260. The summed E-state index contributed by atoms with van der Waals surface area (Å²) < 4.78 is 21.2. The van der Waals surface area contributed by atoms with Crippen LogP contribution in [0.5, 0.6) is 11.6 Å². The zero-order chi connectivity index (χ0) is 20.4. The van der Waals surface area contributed by atoms with Crippen LogP contribution in [0.1, 0.15) is 5.56 Å². The number of rotatable bonds is 5. The van der Waals surface area contributed by atoms with E-state index in [1.54, 1.807) is 12.1 Å². The molecule has 0 saturated heterocycles. The number of aromatic nitrogens is 4. The first kappa shape index (κ1) is 18.4. The zero-order valence-electron chi connectivity index (χ0n) is 15.4. The minimum atomic E-state index is -0.522. The van der Waals surface area contributed by atoms with E-state index in [9.17, 15) is 14.0 Å². The number of carbonyl (C=O) groups is 1. The number of anilines is 1. The van der Waals surface area contributed by atoms with Crippen LogP contribution in [0, 0.1) is 12.7 Å². The second-order valence-corrected chi connectivity index (χ2v) is 6.34. The molecule has 4 aromatic rings. The van der Waals surface area contributed by atoms with E-state index in [-0.39, 0.29) is 23.8 Å². The van der Waals surface area contributed by atoms with Crippen LogP contribution in [0.4, 0.5) is 10.1 Å². The summed E-state index contributed by atoms with van der Waals surface area (Å²) in [6.07, 6.45) is 2.78. The second kappa shape index (κ2) is 7.55. The van der Waals surface area contributed by atoms with Gasteiger partial charge in [0.05, 0.1) is 0 Å². The van der Waals surface area contributed by atoms with E-state index in [0.29, 0.717) is 5.69 Å². The maximum Gasteiger partial charge on any atom is 0.351 e. The topological polar surface area (TPSA) is 90.5 Å². The van der Waals surface area contributed by atoms with Gasteiger partial charge in [-0.2, -0.15) is 0 Å². The molecule has 0 saturated carbocycles. The average molecular weight is 393 g/mol. The van der Waals surface area contributed by atoms with E-state index in [4.69, 9.17) is 4.74 Å². The van der Waals surface area contributed by atoms with Gasteiger partial charge < -0.3 is 10.1 Å². The van der Waals surface area contributed by atoms with Crippen molar-refractivity contribution >= 4 is 17.2 Å². The van der Waals surface area contributed by atoms with Crippen molar-refractivity contribution in [1.82, 2.24) is 19.2 Å². The minimum absolute atomic E-state index is 0.0213. The number of nitrogens with zero attached hydrogens (tertiary/aromatic N) is 4. The van der Waals surface area contributed by atoms with Gasteiger partial charge in [-0.25, -0.2) is 23.3 Å². The van der Waals surface area contributed by atoms with Crippen LogP contribution in [-0.2, 0) is 11.3 Å². The van der Waals surface area contributed by atoms with Gasteiger partial charge in [-0.15, -0.1) is 5.10 Å². The van der Waals surface area contributed by atoms with Crippen molar-refractivity contribution in [3.8, 4) is 11.6 Å². The maximum atomic E-state index is 13.4. The Morgan fingerprint density at radius 2 is 2.03 bits per heavy atom. The molecule has 8 nitrogen and oxygen atoms in total. The van der Waals surface area contributed by atoms with Gasteiger partial charge >= 0.3 is 5.69 Å². The summed E-state index contributed by atoms with van der Waals surface area (Å²) in [6, 6.07) is 12.8. The predicted molar refractivity (Wildman–Crippen MR) is 104 cm³/mol. The van der Waals surface area contributed by atoms with E-state index in [1.165, 1.54) is 35.0 Å². The molecule has 2 aromatic carbocycles. The SMILES string of the molecule is Cc1cccc(NC(=O)Cn2nc3c(Oc4cccc(F)c4)nccn3c2=O)c1. The second-order valence-electron chi connectivity index (χ2n) is 6.34. The summed E-state index contributed by atoms with van der Waals surface area (Å²) in [7, 11) is 0. The Labute approximate surface area is 164 Å². The van der Waals surface area contributed by atoms with E-state index >= 15 is 0 Å². The highest BCUT2D eigenvalue weighted by Crippen LogP contribution is 2.22. The first-order chi connectivity index (χ1) is 14.0. The zero-order valence-corrected chi connectivity index (χ0v) is 15.4. The molecule has 0 radical (unpaired) electrons. The predicted octanol–water partition coefficient (Wildman–Crippen LogP) is 2.77. The maximum absolute atomic E-state index is 13.4. The molecule has 9 heteroatoms. The monoisotopic (exact) mass is 393 g/mol. The number of hydrogen-bond acceptors (Lipinski definition) is 5. The van der Waals surface area contributed by atoms with Crippen LogP contribution in [0.2, 0.25) is 0 Å². The van der Waals surface area contributed by atoms with Crippen LogP contribution in [0.15, 0.2) is 65.7 Å². The smallest absolute Gasteiger partial charge is 0.351 e. The Balaban J connectivity index is 1.60. The minimum Gasteiger partial charge on any atom is -0.436 e. The summed E-state index contributed by atoms with van der Waals surface area (Å²) in [5.74, 6) is -0.635. The van der Waals surface area contributed by atoms with E-state index in [2.05, 4.69) is 15.4 Å². The Hall–Kier alpha value is -4.01. The molecule has 29 heavy (non-hydrogen) atoms. The molecule has 0 aliphatic heterocycles. The fourth-order valence-electron chi connectivity index (χ4n) is 2.80. The third-order valence-corrected chi connectivity index (χ3v) is 4.08. The van der Waals surface area contributed by atoms with E-state index < -0.39 is 17.4 Å². The van der Waals surface area contributed by atoms with Gasteiger partial charge in [0.15, 0.2) is 0 Å². The van der Waals surface area contributed by atoms with Crippen molar-refractivity contribution in [2.24, 2.45) is 0 Å². The summed E-state index contributed by atoms with van der Waals surface area (Å²) in [5, 5.41) is 6.88. The van der Waals surface area contributed by atoms with Crippen LogP contribution in [0.25, 0.3) is 5.65 Å². The molecular formula is C20H16FN5O3. The van der Waals surface area contributed by atoms with Crippen LogP contribution in [0.3, 0.4) is 0 Å². The molecule has 1 amide bonds. The van der Waals surface area contributed by atoms with Gasteiger partial charge in [0.1, 0.15) is 18.1 Å². The van der Waals surface area contributed by atoms with Gasteiger partial charge in [-0.3, -0.25) is 4.79 Å². The molecule has 0 aliphatic carbocycles. The highest BCUT2D eigenvalue weighted by molar-refractivity contribution is 5.90. The van der Waals surface area contributed by atoms with Crippen molar-refractivity contribution < 1.29 is 13.9 Å². The number of ether oxygens (including phenoxy) is 1. The van der Waals surface area contributed by atoms with Crippen LogP contribution in [-0.4, -0.2) is 25.1 Å². The van der Waals surface area contributed by atoms with Crippen molar-refractivity contribution in [2.45, 2.75) is 13.5 Å².